The Bertz CT molecular complexity index is 7020. The molecule has 7 aromatic heterocycles. The molecule has 0 unspecified atom stereocenters. The highest BCUT2D eigenvalue weighted by Crippen LogP contribution is 2.37. The third kappa shape index (κ3) is 40.8. The van der Waals surface area contributed by atoms with Gasteiger partial charge in [-0.25, -0.2) is 39.7 Å². The van der Waals surface area contributed by atoms with E-state index >= 15 is 0 Å². The van der Waals surface area contributed by atoms with E-state index in [2.05, 4.69) is 316 Å². The van der Waals surface area contributed by atoms with Crippen molar-refractivity contribution in [1.82, 2.24) is 69.8 Å². The predicted molar refractivity (Wildman–Crippen MR) is 634 cm³/mol. The first-order chi connectivity index (χ1) is 70.2. The molecule has 0 spiro atoms. The molecule has 8 aromatic carbocycles. The molecule has 792 valence electrons. The Morgan fingerprint density at radius 1 is 0.287 bits per heavy atom. The summed E-state index contributed by atoms with van der Waals surface area (Å²) < 4.78 is 5.29. The maximum Gasteiger partial charge on any atom is 0.225 e. The van der Waals surface area contributed by atoms with E-state index in [1.165, 1.54) is 10.8 Å². The summed E-state index contributed by atoms with van der Waals surface area (Å²) in [5.74, 6) is 10.4. The summed E-state index contributed by atoms with van der Waals surface area (Å²) in [5, 5.41) is 47.9. The summed E-state index contributed by atoms with van der Waals surface area (Å²) in [6.45, 7) is 64.4. The van der Waals surface area contributed by atoms with E-state index < -0.39 is 0 Å². The molecule has 0 radical (unpaired) electrons. The first-order valence-electron chi connectivity index (χ1n) is 48.9. The molecule has 0 fully saturated rings. The van der Waals surface area contributed by atoms with Gasteiger partial charge in [-0.15, -0.1) is 0 Å². The van der Waals surface area contributed by atoms with Crippen molar-refractivity contribution in [3.8, 4) is 5.75 Å². The molecule has 0 saturated heterocycles. The van der Waals surface area contributed by atoms with E-state index in [0.29, 0.717) is 84.0 Å². The van der Waals surface area contributed by atoms with Gasteiger partial charge in [0.1, 0.15) is 46.5 Å². The van der Waals surface area contributed by atoms with Crippen molar-refractivity contribution in [2.75, 3.05) is 107 Å². The third-order valence-corrected chi connectivity index (χ3v) is 22.0. The fourth-order valence-corrected chi connectivity index (χ4v) is 14.1. The monoisotopic (exact) mass is 2130 g/mol. The number of hydrogen-bond donors (Lipinski definition) is 13. The summed E-state index contributed by atoms with van der Waals surface area (Å²) >= 11 is 30.0. The molecule has 7 heterocycles. The maximum atomic E-state index is 7.01. The number of aromatic nitrogens is 14. The molecule has 0 bridgehead atoms. The Hall–Kier alpha value is -14.7. The lowest BCUT2D eigenvalue weighted by atomic mass is 10.1. The predicted octanol–water partition coefficient (Wildman–Crippen LogP) is 31.2. The number of nitrogens with zero attached hydrogens (tertiary/aromatic N) is 17. The summed E-state index contributed by atoms with van der Waals surface area (Å²) in [6, 6.07) is 56.5. The number of ether oxygens (including phenoxy) is 1. The molecule has 0 saturated carbocycles. The van der Waals surface area contributed by atoms with Gasteiger partial charge in [0.2, 0.25) is 47.3 Å². The average Bonchev–Trinajstić information content (AvgIpc) is 0.809. The third-order valence-electron chi connectivity index (χ3n) is 20.3. The van der Waals surface area contributed by atoms with Gasteiger partial charge in [0.15, 0.2) is 0 Å². The average molecular weight is 2130 g/mol. The van der Waals surface area contributed by atoms with Crippen LogP contribution in [0.5, 0.6) is 5.75 Å². The number of halogens is 5. The van der Waals surface area contributed by atoms with Gasteiger partial charge < -0.3 is 83.7 Å². The lowest BCUT2D eigenvalue weighted by molar-refractivity contribution is 0.415. The number of aryl methyl sites for hydroxylation is 7. The molecule has 150 heavy (non-hydrogen) atoms. The smallest absolute Gasteiger partial charge is 0.225 e. The van der Waals surface area contributed by atoms with Gasteiger partial charge in [-0.3, -0.25) is 0 Å². The van der Waals surface area contributed by atoms with Crippen LogP contribution >= 0.6 is 58.0 Å². The first-order valence-corrected chi connectivity index (χ1v) is 50.8. The molecule has 0 amide bonds. The normalized spacial score (nSPS) is 11.2. The second-order valence-corrected chi connectivity index (χ2v) is 45.1. The Morgan fingerprint density at radius 3 is 0.973 bits per heavy atom. The Balaban J connectivity index is 0.000000194. The van der Waals surface area contributed by atoms with Crippen molar-refractivity contribution >= 4 is 202 Å². The highest BCUT2D eigenvalue weighted by molar-refractivity contribution is 6.42. The summed E-state index contributed by atoms with van der Waals surface area (Å²) in [7, 11) is 7.62. The Morgan fingerprint density at radius 2 is 0.600 bits per heavy atom. The van der Waals surface area contributed by atoms with E-state index in [1.807, 2.05) is 223 Å². The minimum Gasteiger partial charge on any atom is -0.495 e. The van der Waals surface area contributed by atoms with Crippen LogP contribution in [-0.2, 0) is 0 Å². The van der Waals surface area contributed by atoms with E-state index in [4.69, 9.17) is 69.3 Å². The zero-order chi connectivity index (χ0) is 111. The molecular formula is C114H145Cl5N30O. The lowest BCUT2D eigenvalue weighted by Gasteiger charge is -2.24. The molecule has 0 aliphatic heterocycles. The lowest BCUT2D eigenvalue weighted by Crippen LogP contribution is -2.28. The molecule has 0 atom stereocenters. The number of benzene rings is 8. The SMILES string of the molecule is COc1cc(N(C)c2nc(NC(C)(C)C)ncc2C)ccc1Cl.Cc1cnc(NC(C)(C)C)nc1Nc1ccc(Cl)c(Cl)c1.Cc1cnc(NC(C)(C)C)nc1Nc1ccc(Cl)cc1.Cc1cnc(NC(C)(C)C)nc1Nc1cccc(N(C)C)c1.Cc1cnc(NC(C)(C)C)nc1Nc1cccc2ccccc12.Cc1cnc(NC(C)(C)C)nc1Nc1ccccc1.[C-]#[N+]c1ccc(Nc2nc(NC(C)(C)C)ncc2C)cc1Cl. The number of fused-ring (bicyclic) bond motifs is 1. The molecule has 13 N–H and O–H groups in total. The topological polar surface area (TPSA) is 357 Å². The van der Waals surface area contributed by atoms with Gasteiger partial charge in [0.05, 0.1) is 28.7 Å². The van der Waals surface area contributed by atoms with Gasteiger partial charge in [0, 0.05) is 209 Å². The van der Waals surface area contributed by atoms with Crippen molar-refractivity contribution in [1.29, 1.82) is 0 Å². The van der Waals surface area contributed by atoms with Gasteiger partial charge in [-0.2, -0.15) is 34.9 Å². The van der Waals surface area contributed by atoms with Crippen LogP contribution in [0.4, 0.5) is 134 Å². The minimum absolute atomic E-state index is 0.0563. The van der Waals surface area contributed by atoms with Gasteiger partial charge >= 0.3 is 0 Å². The molecule has 31 nitrogen and oxygen atoms in total. The Kier molecular flexibility index (Phi) is 42.0. The highest BCUT2D eigenvalue weighted by atomic mass is 35.5. The summed E-state index contributed by atoms with van der Waals surface area (Å²) in [4.78, 5) is 69.5. The number of hydrogen-bond acceptors (Lipinski definition) is 30. The molecule has 36 heteroatoms. The van der Waals surface area contributed by atoms with Crippen LogP contribution in [-0.4, -0.2) is 137 Å². The molecular weight excluding hydrogens is 1980 g/mol. The quantitative estimate of drug-likeness (QED) is 0.0265. The van der Waals surface area contributed by atoms with E-state index in [0.717, 1.165) is 119 Å². The fraction of sp³-hybridized carbons (Fsp3) is 0.342. The molecule has 0 aliphatic carbocycles. The van der Waals surface area contributed by atoms with E-state index in [1.54, 1.807) is 56.0 Å². The van der Waals surface area contributed by atoms with Crippen LogP contribution in [0.1, 0.15) is 184 Å². The largest absolute Gasteiger partial charge is 0.495 e. The van der Waals surface area contributed by atoms with E-state index in [9.17, 15) is 0 Å². The first kappa shape index (κ1) is 119. The number of methoxy groups -OCH3 is 1. The van der Waals surface area contributed by atoms with Crippen LogP contribution in [0, 0.1) is 55.0 Å². The van der Waals surface area contributed by atoms with Crippen LogP contribution in [0.15, 0.2) is 219 Å². The van der Waals surface area contributed by atoms with Crippen molar-refractivity contribution in [2.45, 2.75) is 233 Å². The van der Waals surface area contributed by atoms with Crippen molar-refractivity contribution in [3.63, 3.8) is 0 Å². The van der Waals surface area contributed by atoms with Gasteiger partial charge in [0.25, 0.3) is 0 Å². The number of nitrogens with one attached hydrogen (secondary N) is 13. The standard InChI is InChI=1S/C19H22N4.C17H23ClN4O.C17H25N5.C16H18ClN5.C15H18Cl2N4.C15H19ClN4.C15H20N4/c1-13-12-20-18(23-19(2,3)4)22-17(13)21-16-11-7-9-14-8-5-6-10-15(14)16;1-11-10-19-16(21-17(2,3)4)20-15(11)22(5)12-7-8-13(18)14(9-12)23-6;1-12-11-18-16(21-17(2,3)4)20-15(12)19-13-8-7-9-14(10-13)22(5)6;1-10-9-19-15(22-16(2,3)4)21-14(10)20-11-6-7-13(18-5)12(17)8-11;1-9-8-18-14(21-15(2,3)4)20-13(9)19-10-5-6-11(16)12(17)7-10;1-10-9-17-14(20-15(2,3)4)19-13(10)18-12-7-5-11(16)6-8-12;1-11-10-16-14(19-15(2,3)4)18-13(11)17-12-8-6-5-7-9-12/h5-12H,1-4H3,(H2,20,21,22,23);7-10H,1-6H3,(H,19,20,21);7-11H,1-6H3,(H2,18,19,20,21);6-9H,1-4H3,(H2,19,20,21,22);5-8H,1-4H3,(H2,18,19,20,21);5-9H,1-4H3,(H2,17,18,19,20);5-10H,1-4H3,(H2,16,17,18,19). The number of anilines is 22. The van der Waals surface area contributed by atoms with Crippen LogP contribution in [0.25, 0.3) is 15.6 Å². The Labute approximate surface area is 910 Å². The maximum absolute atomic E-state index is 7.01. The van der Waals surface area contributed by atoms with Crippen LogP contribution in [0.2, 0.25) is 25.1 Å². The summed E-state index contributed by atoms with van der Waals surface area (Å²) in [5.41, 5.74) is 14.4. The minimum atomic E-state index is -0.118. The van der Waals surface area contributed by atoms with Crippen LogP contribution < -0.4 is 83.7 Å². The zero-order valence-electron chi connectivity index (χ0n) is 92.2. The molecule has 15 rings (SSSR count). The van der Waals surface area contributed by atoms with Crippen molar-refractivity contribution < 1.29 is 4.74 Å². The number of rotatable bonds is 23. The summed E-state index contributed by atoms with van der Waals surface area (Å²) in [6.07, 6.45) is 12.7. The zero-order valence-corrected chi connectivity index (χ0v) is 96.0. The molecule has 15 aromatic rings. The fourth-order valence-electron chi connectivity index (χ4n) is 13.2. The van der Waals surface area contributed by atoms with Gasteiger partial charge in [-0.05, 0) is 302 Å². The van der Waals surface area contributed by atoms with Gasteiger partial charge in [-0.1, -0.05) is 125 Å². The van der Waals surface area contributed by atoms with Crippen LogP contribution in [0.3, 0.4) is 0 Å². The number of para-hydroxylation sites is 1. The highest BCUT2D eigenvalue weighted by Gasteiger charge is 2.23. The van der Waals surface area contributed by atoms with Crippen molar-refractivity contribution in [2.24, 2.45) is 0 Å². The van der Waals surface area contributed by atoms with E-state index in [-0.39, 0.29) is 38.8 Å². The molecule has 0 aliphatic rings. The second kappa shape index (κ2) is 53.0. The second-order valence-electron chi connectivity index (χ2n) is 43.1. The van der Waals surface area contributed by atoms with Crippen molar-refractivity contribution in [3.05, 3.63) is 295 Å².